The molecule has 3 rings (SSSR count). The quantitative estimate of drug-likeness (QED) is 0.708. The van der Waals surface area contributed by atoms with Crippen molar-refractivity contribution in [1.82, 2.24) is 4.57 Å². The number of hydrogen-bond acceptors (Lipinski definition) is 1. The molecule has 0 atom stereocenters. The van der Waals surface area contributed by atoms with E-state index in [2.05, 4.69) is 4.57 Å². The zero-order valence-electron chi connectivity index (χ0n) is 11.0. The summed E-state index contributed by atoms with van der Waals surface area (Å²) in [5, 5.41) is 2.35. The molecule has 0 bridgehead atoms. The number of hydrogen-bond donors (Lipinski definition) is 1. The molecule has 0 unspecified atom stereocenters. The third kappa shape index (κ3) is 2.77. The lowest BCUT2D eigenvalue weighted by Gasteiger charge is -2.09. The fourth-order valence-corrected chi connectivity index (χ4v) is 3.06. The van der Waals surface area contributed by atoms with Crippen molar-refractivity contribution in [3.05, 3.63) is 69.8 Å². The third-order valence-corrected chi connectivity index (χ3v) is 4.24. The Morgan fingerprint density at radius 1 is 1.14 bits per heavy atom. The Morgan fingerprint density at radius 3 is 2.67 bits per heavy atom. The van der Waals surface area contributed by atoms with Gasteiger partial charge in [-0.15, -0.1) is 0 Å². The highest BCUT2D eigenvalue weighted by molar-refractivity contribution is 7.80. The maximum atomic E-state index is 6.24. The maximum Gasteiger partial charge on any atom is 0.104 e. The molecule has 0 radical (unpaired) electrons. The van der Waals surface area contributed by atoms with Gasteiger partial charge in [-0.25, -0.2) is 0 Å². The number of benzene rings is 2. The number of nitrogens with zero attached hydrogens (tertiary/aromatic N) is 1. The normalized spacial score (nSPS) is 11.0. The topological polar surface area (TPSA) is 30.9 Å². The van der Waals surface area contributed by atoms with E-state index in [-0.39, 0.29) is 0 Å². The van der Waals surface area contributed by atoms with Gasteiger partial charge in [-0.2, -0.15) is 0 Å². The highest BCUT2D eigenvalue weighted by atomic mass is 35.5. The number of aromatic nitrogens is 1. The Bertz CT molecular complexity index is 839. The van der Waals surface area contributed by atoms with Crippen molar-refractivity contribution in [2.24, 2.45) is 5.73 Å². The van der Waals surface area contributed by atoms with Gasteiger partial charge in [0.2, 0.25) is 0 Å². The molecule has 0 saturated heterocycles. The molecule has 0 aliphatic heterocycles. The van der Waals surface area contributed by atoms with Gasteiger partial charge in [-0.3, -0.25) is 0 Å². The van der Waals surface area contributed by atoms with E-state index >= 15 is 0 Å². The molecule has 5 heteroatoms. The second-order valence-corrected chi connectivity index (χ2v) is 6.07. The van der Waals surface area contributed by atoms with Crippen LogP contribution in [0, 0.1) is 0 Å². The molecule has 2 nitrogen and oxygen atoms in total. The molecule has 0 aliphatic rings. The summed E-state index contributed by atoms with van der Waals surface area (Å²) in [6, 6.07) is 13.5. The van der Waals surface area contributed by atoms with Crippen LogP contribution in [0.15, 0.2) is 48.7 Å². The molecule has 0 aliphatic carbocycles. The Labute approximate surface area is 138 Å². The van der Waals surface area contributed by atoms with Gasteiger partial charge in [0.25, 0.3) is 0 Å². The summed E-state index contributed by atoms with van der Waals surface area (Å²) in [7, 11) is 0. The van der Waals surface area contributed by atoms with Gasteiger partial charge < -0.3 is 10.3 Å². The van der Waals surface area contributed by atoms with Crippen LogP contribution in [-0.2, 0) is 6.54 Å². The molecular weight excluding hydrogens is 323 g/mol. The highest BCUT2D eigenvalue weighted by Gasteiger charge is 2.09. The van der Waals surface area contributed by atoms with Crippen LogP contribution < -0.4 is 5.73 Å². The lowest BCUT2D eigenvalue weighted by molar-refractivity contribution is 0.837. The maximum absolute atomic E-state index is 6.24. The van der Waals surface area contributed by atoms with Crippen LogP contribution in [0.1, 0.15) is 11.1 Å². The van der Waals surface area contributed by atoms with E-state index in [0.717, 1.165) is 22.0 Å². The zero-order chi connectivity index (χ0) is 15.0. The summed E-state index contributed by atoms with van der Waals surface area (Å²) in [5.41, 5.74) is 8.75. The van der Waals surface area contributed by atoms with E-state index in [1.54, 1.807) is 6.07 Å². The Hall–Kier alpha value is -1.55. The van der Waals surface area contributed by atoms with Gasteiger partial charge >= 0.3 is 0 Å². The first-order valence-corrected chi connectivity index (χ1v) is 7.54. The van der Waals surface area contributed by atoms with Gasteiger partial charge in [0, 0.05) is 39.3 Å². The van der Waals surface area contributed by atoms with Crippen molar-refractivity contribution >= 4 is 51.3 Å². The summed E-state index contributed by atoms with van der Waals surface area (Å²) in [6.07, 6.45) is 2.01. The molecule has 2 aromatic carbocycles. The molecule has 106 valence electrons. The number of nitrogens with two attached hydrogens (primary N) is 1. The van der Waals surface area contributed by atoms with Crippen LogP contribution in [0.4, 0.5) is 0 Å². The summed E-state index contributed by atoms with van der Waals surface area (Å²) in [6.45, 7) is 0.667. The van der Waals surface area contributed by atoms with Crippen molar-refractivity contribution in [2.75, 3.05) is 0 Å². The highest BCUT2D eigenvalue weighted by Crippen LogP contribution is 2.25. The second kappa shape index (κ2) is 5.68. The fourth-order valence-electron chi connectivity index (χ4n) is 2.41. The lowest BCUT2D eigenvalue weighted by atomic mass is 10.1. The largest absolute Gasteiger partial charge is 0.389 e. The minimum atomic E-state index is 0.405. The predicted octanol–water partition coefficient (Wildman–Crippen LogP) is 4.63. The second-order valence-electron chi connectivity index (χ2n) is 4.78. The summed E-state index contributed by atoms with van der Waals surface area (Å²) >= 11 is 17.3. The molecule has 21 heavy (non-hydrogen) atoms. The standard InChI is InChI=1S/C16H12Cl2N2S/c17-11-5-4-10(14(18)8-11)9-20-7-6-12-13(16(19)21)2-1-3-15(12)20/h1-8H,9H2,(H2,19,21). The number of fused-ring (bicyclic) bond motifs is 1. The van der Waals surface area contributed by atoms with Crippen molar-refractivity contribution < 1.29 is 0 Å². The minimum absolute atomic E-state index is 0.405. The Kier molecular flexibility index (Phi) is 3.89. The number of halogens is 2. The monoisotopic (exact) mass is 334 g/mol. The number of rotatable bonds is 3. The SMILES string of the molecule is NC(=S)c1cccc2c1ccn2Cc1ccc(Cl)cc1Cl. The number of thiocarbonyl (C=S) groups is 1. The minimum Gasteiger partial charge on any atom is -0.389 e. The van der Waals surface area contributed by atoms with Gasteiger partial charge in [0.15, 0.2) is 0 Å². The average molecular weight is 335 g/mol. The van der Waals surface area contributed by atoms with E-state index in [0.29, 0.717) is 21.6 Å². The first kappa shape index (κ1) is 14.4. The van der Waals surface area contributed by atoms with Gasteiger partial charge in [0.05, 0.1) is 0 Å². The third-order valence-electron chi connectivity index (χ3n) is 3.43. The average Bonchev–Trinajstić information content (AvgIpc) is 2.85. The molecule has 2 N–H and O–H groups in total. The van der Waals surface area contributed by atoms with E-state index < -0.39 is 0 Å². The van der Waals surface area contributed by atoms with Crippen LogP contribution in [-0.4, -0.2) is 9.56 Å². The Morgan fingerprint density at radius 2 is 1.95 bits per heavy atom. The Balaban J connectivity index is 2.06. The fraction of sp³-hybridized carbons (Fsp3) is 0.0625. The molecule has 3 aromatic rings. The molecule has 0 saturated carbocycles. The first-order chi connectivity index (χ1) is 10.1. The van der Waals surface area contributed by atoms with Gasteiger partial charge in [0.1, 0.15) is 4.99 Å². The van der Waals surface area contributed by atoms with E-state index in [4.69, 9.17) is 41.2 Å². The first-order valence-electron chi connectivity index (χ1n) is 6.38. The van der Waals surface area contributed by atoms with Crippen LogP contribution in [0.25, 0.3) is 10.9 Å². The van der Waals surface area contributed by atoms with E-state index in [1.165, 1.54) is 0 Å². The zero-order valence-corrected chi connectivity index (χ0v) is 13.3. The summed E-state index contributed by atoms with van der Waals surface area (Å²) in [5.74, 6) is 0. The van der Waals surface area contributed by atoms with Crippen molar-refractivity contribution in [3.8, 4) is 0 Å². The van der Waals surface area contributed by atoms with Crippen LogP contribution in [0.5, 0.6) is 0 Å². The van der Waals surface area contributed by atoms with E-state index in [9.17, 15) is 0 Å². The smallest absolute Gasteiger partial charge is 0.104 e. The van der Waals surface area contributed by atoms with Crippen molar-refractivity contribution in [1.29, 1.82) is 0 Å². The summed E-state index contributed by atoms with van der Waals surface area (Å²) in [4.78, 5) is 0.405. The van der Waals surface area contributed by atoms with Gasteiger partial charge in [-0.05, 0) is 29.8 Å². The van der Waals surface area contributed by atoms with E-state index in [1.807, 2.05) is 42.6 Å². The molecule has 1 heterocycles. The predicted molar refractivity (Wildman–Crippen MR) is 93.4 cm³/mol. The molecule has 0 amide bonds. The molecule has 0 fully saturated rings. The van der Waals surface area contributed by atoms with Gasteiger partial charge in [-0.1, -0.05) is 53.6 Å². The molecule has 1 aromatic heterocycles. The van der Waals surface area contributed by atoms with Crippen LogP contribution in [0.3, 0.4) is 0 Å². The molecular formula is C16H12Cl2N2S. The summed E-state index contributed by atoms with van der Waals surface area (Å²) < 4.78 is 2.12. The van der Waals surface area contributed by atoms with Crippen molar-refractivity contribution in [2.45, 2.75) is 6.54 Å². The molecule has 0 spiro atoms. The van der Waals surface area contributed by atoms with Crippen molar-refractivity contribution in [3.63, 3.8) is 0 Å². The van der Waals surface area contributed by atoms with Crippen LogP contribution >= 0.6 is 35.4 Å². The van der Waals surface area contributed by atoms with Crippen LogP contribution in [0.2, 0.25) is 10.0 Å². The lowest BCUT2D eigenvalue weighted by Crippen LogP contribution is -2.09.